The smallest absolute Gasteiger partial charge is 0.0776 e. The number of methoxy groups -OCH3 is 1. The van der Waals surface area contributed by atoms with E-state index in [0.717, 1.165) is 18.4 Å². The largest absolute Gasteiger partial charge is 0.377 e. The lowest BCUT2D eigenvalue weighted by atomic mass is 10.0. The summed E-state index contributed by atoms with van der Waals surface area (Å²) in [6.45, 7) is 11.8. The zero-order chi connectivity index (χ0) is 9.56. The second-order valence-electron chi connectivity index (χ2n) is 3.36. The van der Waals surface area contributed by atoms with E-state index in [1.807, 2.05) is 13.0 Å². The first-order chi connectivity index (χ1) is 5.61. The molecule has 70 valence electrons. The molecule has 0 spiro atoms. The van der Waals surface area contributed by atoms with Gasteiger partial charge in [-0.2, -0.15) is 0 Å². The maximum atomic E-state index is 5.27. The minimum absolute atomic E-state index is 0.215. The Morgan fingerprint density at radius 2 is 2.08 bits per heavy atom. The third-order valence-corrected chi connectivity index (χ3v) is 2.12. The molecule has 2 unspecified atom stereocenters. The molecule has 0 fully saturated rings. The van der Waals surface area contributed by atoms with Gasteiger partial charge in [0.1, 0.15) is 0 Å². The molecule has 0 amide bonds. The van der Waals surface area contributed by atoms with Crippen LogP contribution in [0.1, 0.15) is 26.7 Å². The zero-order valence-electron chi connectivity index (χ0n) is 8.47. The molecule has 0 saturated heterocycles. The molecule has 0 aliphatic heterocycles. The number of hydrogen-bond acceptors (Lipinski definition) is 1. The van der Waals surface area contributed by atoms with Crippen molar-refractivity contribution in [3.05, 3.63) is 24.8 Å². The molecule has 0 heterocycles. The molecule has 0 aliphatic rings. The van der Waals surface area contributed by atoms with Crippen LogP contribution in [0.3, 0.4) is 0 Å². The SMILES string of the molecule is C=CC(C)CCC(OC)C(=C)C. The predicted molar refractivity (Wildman–Crippen MR) is 54.2 cm³/mol. The van der Waals surface area contributed by atoms with Crippen molar-refractivity contribution in [2.75, 3.05) is 7.11 Å². The van der Waals surface area contributed by atoms with Crippen molar-refractivity contribution in [3.8, 4) is 0 Å². The molecule has 0 aliphatic carbocycles. The Morgan fingerprint density at radius 1 is 1.50 bits per heavy atom. The Kier molecular flexibility index (Phi) is 5.73. The first-order valence-electron chi connectivity index (χ1n) is 4.42. The lowest BCUT2D eigenvalue weighted by Crippen LogP contribution is -2.12. The molecule has 1 nitrogen and oxygen atoms in total. The van der Waals surface area contributed by atoms with E-state index in [1.54, 1.807) is 7.11 Å². The van der Waals surface area contributed by atoms with Crippen LogP contribution in [0.15, 0.2) is 24.8 Å². The minimum atomic E-state index is 0.215. The van der Waals surface area contributed by atoms with E-state index in [0.29, 0.717) is 5.92 Å². The average molecular weight is 168 g/mol. The van der Waals surface area contributed by atoms with Crippen LogP contribution in [0.5, 0.6) is 0 Å². The average Bonchev–Trinajstić information content (AvgIpc) is 2.04. The summed E-state index contributed by atoms with van der Waals surface area (Å²) in [4.78, 5) is 0. The molecule has 0 rings (SSSR count). The topological polar surface area (TPSA) is 9.23 Å². The van der Waals surface area contributed by atoms with Gasteiger partial charge in [0.15, 0.2) is 0 Å². The molecule has 0 saturated carbocycles. The van der Waals surface area contributed by atoms with Crippen LogP contribution in [0.25, 0.3) is 0 Å². The zero-order valence-corrected chi connectivity index (χ0v) is 8.47. The van der Waals surface area contributed by atoms with Gasteiger partial charge in [-0.3, -0.25) is 0 Å². The van der Waals surface area contributed by atoms with Gasteiger partial charge >= 0.3 is 0 Å². The van der Waals surface area contributed by atoms with Gasteiger partial charge in [0, 0.05) is 7.11 Å². The van der Waals surface area contributed by atoms with Crippen LogP contribution >= 0.6 is 0 Å². The Hall–Kier alpha value is -0.560. The van der Waals surface area contributed by atoms with Gasteiger partial charge in [0.05, 0.1) is 6.10 Å². The number of hydrogen-bond donors (Lipinski definition) is 0. The second-order valence-corrected chi connectivity index (χ2v) is 3.36. The third-order valence-electron chi connectivity index (χ3n) is 2.12. The molecule has 0 aromatic carbocycles. The van der Waals surface area contributed by atoms with Crippen LogP contribution < -0.4 is 0 Å². The fraction of sp³-hybridized carbons (Fsp3) is 0.636. The van der Waals surface area contributed by atoms with Crippen LogP contribution in [-0.2, 0) is 4.74 Å². The minimum Gasteiger partial charge on any atom is -0.377 e. The van der Waals surface area contributed by atoms with Gasteiger partial charge in [0.25, 0.3) is 0 Å². The van der Waals surface area contributed by atoms with Crippen molar-refractivity contribution in [1.82, 2.24) is 0 Å². The Labute approximate surface area is 76.1 Å². The third kappa shape index (κ3) is 4.35. The normalized spacial score (nSPS) is 15.2. The summed E-state index contributed by atoms with van der Waals surface area (Å²) >= 11 is 0. The first-order valence-corrected chi connectivity index (χ1v) is 4.42. The van der Waals surface area contributed by atoms with E-state index >= 15 is 0 Å². The molecule has 0 bridgehead atoms. The van der Waals surface area contributed by atoms with Gasteiger partial charge in [-0.15, -0.1) is 6.58 Å². The summed E-state index contributed by atoms with van der Waals surface area (Å²) < 4.78 is 5.27. The molecule has 0 radical (unpaired) electrons. The van der Waals surface area contributed by atoms with Crippen LogP contribution in [0.2, 0.25) is 0 Å². The summed E-state index contributed by atoms with van der Waals surface area (Å²) in [6, 6.07) is 0. The maximum Gasteiger partial charge on any atom is 0.0776 e. The highest BCUT2D eigenvalue weighted by molar-refractivity contribution is 4.97. The summed E-state index contributed by atoms with van der Waals surface area (Å²) in [5.41, 5.74) is 1.11. The van der Waals surface area contributed by atoms with Gasteiger partial charge in [-0.05, 0) is 25.7 Å². The van der Waals surface area contributed by atoms with Crippen LogP contribution in [0, 0.1) is 5.92 Å². The van der Waals surface area contributed by atoms with Crippen molar-refractivity contribution in [2.45, 2.75) is 32.8 Å². The molecule has 1 heteroatoms. The van der Waals surface area contributed by atoms with Crippen LogP contribution in [-0.4, -0.2) is 13.2 Å². The van der Waals surface area contributed by atoms with Gasteiger partial charge in [0.2, 0.25) is 0 Å². The fourth-order valence-corrected chi connectivity index (χ4v) is 1.10. The van der Waals surface area contributed by atoms with E-state index in [2.05, 4.69) is 20.1 Å². The highest BCUT2D eigenvalue weighted by Gasteiger charge is 2.08. The monoisotopic (exact) mass is 168 g/mol. The quantitative estimate of drug-likeness (QED) is 0.553. The van der Waals surface area contributed by atoms with E-state index in [-0.39, 0.29) is 6.10 Å². The number of rotatable bonds is 6. The van der Waals surface area contributed by atoms with E-state index in [9.17, 15) is 0 Å². The van der Waals surface area contributed by atoms with Gasteiger partial charge < -0.3 is 4.74 Å². The molecule has 0 aromatic heterocycles. The predicted octanol–water partition coefficient (Wildman–Crippen LogP) is 3.18. The Balaban J connectivity index is 3.72. The van der Waals surface area contributed by atoms with E-state index < -0.39 is 0 Å². The van der Waals surface area contributed by atoms with Crippen molar-refractivity contribution in [3.63, 3.8) is 0 Å². The molecule has 0 N–H and O–H groups in total. The van der Waals surface area contributed by atoms with Crippen molar-refractivity contribution in [1.29, 1.82) is 0 Å². The van der Waals surface area contributed by atoms with Crippen molar-refractivity contribution < 1.29 is 4.74 Å². The van der Waals surface area contributed by atoms with Gasteiger partial charge in [-0.1, -0.05) is 25.2 Å². The van der Waals surface area contributed by atoms with Crippen LogP contribution in [0.4, 0.5) is 0 Å². The standard InChI is InChI=1S/C11H20O/c1-6-10(4)7-8-11(12-5)9(2)3/h6,10-11H,1-2,7-8H2,3-5H3. The second kappa shape index (κ2) is 6.01. The molecular weight excluding hydrogens is 148 g/mol. The molecule has 2 atom stereocenters. The molecular formula is C11H20O. The Morgan fingerprint density at radius 3 is 2.42 bits per heavy atom. The molecule has 12 heavy (non-hydrogen) atoms. The fourth-order valence-electron chi connectivity index (χ4n) is 1.10. The van der Waals surface area contributed by atoms with E-state index in [4.69, 9.17) is 4.74 Å². The lowest BCUT2D eigenvalue weighted by Gasteiger charge is -2.16. The summed E-state index contributed by atoms with van der Waals surface area (Å²) in [7, 11) is 1.73. The summed E-state index contributed by atoms with van der Waals surface area (Å²) in [5.74, 6) is 0.571. The summed E-state index contributed by atoms with van der Waals surface area (Å²) in [5, 5.41) is 0. The number of allylic oxidation sites excluding steroid dienone is 1. The highest BCUT2D eigenvalue weighted by atomic mass is 16.5. The van der Waals surface area contributed by atoms with Gasteiger partial charge in [-0.25, -0.2) is 0 Å². The highest BCUT2D eigenvalue weighted by Crippen LogP contribution is 2.14. The summed E-state index contributed by atoms with van der Waals surface area (Å²) in [6.07, 6.45) is 4.35. The first kappa shape index (κ1) is 11.4. The number of ether oxygens (including phenoxy) is 1. The van der Waals surface area contributed by atoms with E-state index in [1.165, 1.54) is 0 Å². The lowest BCUT2D eigenvalue weighted by molar-refractivity contribution is 0.120. The Bertz CT molecular complexity index is 149. The van der Waals surface area contributed by atoms with Crippen molar-refractivity contribution >= 4 is 0 Å². The van der Waals surface area contributed by atoms with Crippen molar-refractivity contribution in [2.24, 2.45) is 5.92 Å². The maximum absolute atomic E-state index is 5.27. The molecule has 0 aromatic rings.